The van der Waals surface area contributed by atoms with Crippen molar-refractivity contribution >= 4 is 0 Å². The van der Waals surface area contributed by atoms with Gasteiger partial charge in [-0.2, -0.15) is 0 Å². The van der Waals surface area contributed by atoms with Crippen LogP contribution in [0.4, 0.5) is 0 Å². The predicted octanol–water partition coefficient (Wildman–Crippen LogP) is 2.57. The van der Waals surface area contributed by atoms with Crippen LogP contribution in [0.5, 0.6) is 0 Å². The van der Waals surface area contributed by atoms with Crippen LogP contribution in [0.15, 0.2) is 0 Å². The largest absolute Gasteiger partial charge is 0.381 e. The van der Waals surface area contributed by atoms with E-state index in [-0.39, 0.29) is 0 Å². The van der Waals surface area contributed by atoms with Crippen molar-refractivity contribution < 1.29 is 4.74 Å². The Bertz CT molecular complexity index is 148. The maximum Gasteiger partial charge on any atom is 0.0471 e. The Balaban J connectivity index is 2.50. The first-order valence-corrected chi connectivity index (χ1v) is 6.04. The van der Waals surface area contributed by atoms with Crippen molar-refractivity contribution in [1.82, 2.24) is 0 Å². The second-order valence-corrected chi connectivity index (χ2v) is 4.70. The lowest BCUT2D eigenvalue weighted by Crippen LogP contribution is -2.38. The van der Waals surface area contributed by atoms with Crippen molar-refractivity contribution in [2.24, 2.45) is 17.1 Å². The third kappa shape index (κ3) is 2.96. The fourth-order valence-electron chi connectivity index (χ4n) is 2.49. The monoisotopic (exact) mass is 199 g/mol. The molecule has 0 aromatic carbocycles. The van der Waals surface area contributed by atoms with Crippen LogP contribution in [0.25, 0.3) is 0 Å². The van der Waals surface area contributed by atoms with Gasteiger partial charge < -0.3 is 10.5 Å². The summed E-state index contributed by atoms with van der Waals surface area (Å²) < 4.78 is 5.42. The molecule has 2 heteroatoms. The van der Waals surface area contributed by atoms with Crippen LogP contribution in [0.3, 0.4) is 0 Å². The third-order valence-corrected chi connectivity index (χ3v) is 3.86. The molecular formula is C12H25NO. The van der Waals surface area contributed by atoms with Gasteiger partial charge in [-0.25, -0.2) is 0 Å². The Kier molecular flexibility index (Phi) is 4.90. The minimum atomic E-state index is 0.398. The van der Waals surface area contributed by atoms with E-state index in [1.807, 2.05) is 0 Å². The van der Waals surface area contributed by atoms with Crippen LogP contribution < -0.4 is 5.73 Å². The lowest BCUT2D eigenvalue weighted by Gasteiger charge is -2.38. The van der Waals surface area contributed by atoms with Gasteiger partial charge in [-0.3, -0.25) is 0 Å². The van der Waals surface area contributed by atoms with Crippen LogP contribution >= 0.6 is 0 Å². The number of rotatable bonds is 5. The SMILES string of the molecule is CCC(CC)CC1(CN)CCOCC1. The van der Waals surface area contributed by atoms with E-state index in [1.54, 1.807) is 0 Å². The highest BCUT2D eigenvalue weighted by atomic mass is 16.5. The highest BCUT2D eigenvalue weighted by molar-refractivity contribution is 4.84. The standard InChI is InChI=1S/C12H25NO/c1-3-11(4-2)9-12(10-13)5-7-14-8-6-12/h11H,3-10,13H2,1-2H3. The van der Waals surface area contributed by atoms with Gasteiger partial charge in [0.15, 0.2) is 0 Å². The van der Waals surface area contributed by atoms with E-state index in [9.17, 15) is 0 Å². The average Bonchev–Trinajstić information content (AvgIpc) is 2.27. The topological polar surface area (TPSA) is 35.2 Å². The zero-order valence-corrected chi connectivity index (χ0v) is 9.72. The summed E-state index contributed by atoms with van der Waals surface area (Å²) in [5.41, 5.74) is 6.34. The molecule has 14 heavy (non-hydrogen) atoms. The second kappa shape index (κ2) is 5.72. The summed E-state index contributed by atoms with van der Waals surface area (Å²) in [6.45, 7) is 7.25. The maximum absolute atomic E-state index is 5.94. The van der Waals surface area contributed by atoms with Crippen LogP contribution in [-0.4, -0.2) is 19.8 Å². The molecule has 1 saturated heterocycles. The zero-order chi connectivity index (χ0) is 10.4. The molecule has 1 heterocycles. The molecule has 0 saturated carbocycles. The maximum atomic E-state index is 5.94. The quantitative estimate of drug-likeness (QED) is 0.738. The molecule has 1 aliphatic heterocycles. The molecule has 2 nitrogen and oxygen atoms in total. The average molecular weight is 199 g/mol. The van der Waals surface area contributed by atoms with E-state index in [2.05, 4.69) is 13.8 Å². The molecule has 0 radical (unpaired) electrons. The molecule has 1 aliphatic rings. The predicted molar refractivity (Wildman–Crippen MR) is 60.2 cm³/mol. The van der Waals surface area contributed by atoms with Crippen LogP contribution in [0, 0.1) is 11.3 Å². The Hall–Kier alpha value is -0.0800. The minimum Gasteiger partial charge on any atom is -0.381 e. The van der Waals surface area contributed by atoms with E-state index in [1.165, 1.54) is 32.1 Å². The molecular weight excluding hydrogens is 174 g/mol. The summed E-state index contributed by atoms with van der Waals surface area (Å²) in [6.07, 6.45) is 6.22. The highest BCUT2D eigenvalue weighted by Gasteiger charge is 2.32. The van der Waals surface area contributed by atoms with Gasteiger partial charge in [0.1, 0.15) is 0 Å². The van der Waals surface area contributed by atoms with Gasteiger partial charge in [0, 0.05) is 13.2 Å². The molecule has 0 unspecified atom stereocenters. The van der Waals surface area contributed by atoms with Gasteiger partial charge in [-0.15, -0.1) is 0 Å². The number of nitrogens with two attached hydrogens (primary N) is 1. The molecule has 0 amide bonds. The van der Waals surface area contributed by atoms with Crippen molar-refractivity contribution in [3.8, 4) is 0 Å². The first-order chi connectivity index (χ1) is 6.76. The molecule has 0 aromatic rings. The van der Waals surface area contributed by atoms with Gasteiger partial charge in [0.2, 0.25) is 0 Å². The Morgan fingerprint density at radius 1 is 1.21 bits per heavy atom. The van der Waals surface area contributed by atoms with Gasteiger partial charge >= 0.3 is 0 Å². The smallest absolute Gasteiger partial charge is 0.0471 e. The van der Waals surface area contributed by atoms with Crippen molar-refractivity contribution in [2.75, 3.05) is 19.8 Å². The summed E-state index contributed by atoms with van der Waals surface area (Å²) in [6, 6.07) is 0. The minimum absolute atomic E-state index is 0.398. The molecule has 0 aliphatic carbocycles. The zero-order valence-electron chi connectivity index (χ0n) is 9.72. The Morgan fingerprint density at radius 2 is 1.79 bits per heavy atom. The molecule has 0 aromatic heterocycles. The lowest BCUT2D eigenvalue weighted by molar-refractivity contribution is 0.00581. The van der Waals surface area contributed by atoms with E-state index in [4.69, 9.17) is 10.5 Å². The van der Waals surface area contributed by atoms with Crippen molar-refractivity contribution in [2.45, 2.75) is 46.0 Å². The molecule has 1 fully saturated rings. The van der Waals surface area contributed by atoms with Crippen LogP contribution in [-0.2, 0) is 4.74 Å². The molecule has 84 valence electrons. The fraction of sp³-hybridized carbons (Fsp3) is 1.00. The molecule has 1 rings (SSSR count). The summed E-state index contributed by atoms with van der Waals surface area (Å²) in [5.74, 6) is 0.858. The second-order valence-electron chi connectivity index (χ2n) is 4.70. The number of hydrogen-bond donors (Lipinski definition) is 1. The fourth-order valence-corrected chi connectivity index (χ4v) is 2.49. The van der Waals surface area contributed by atoms with Gasteiger partial charge in [-0.1, -0.05) is 26.7 Å². The highest BCUT2D eigenvalue weighted by Crippen LogP contribution is 2.37. The summed E-state index contributed by atoms with van der Waals surface area (Å²) in [4.78, 5) is 0. The van der Waals surface area contributed by atoms with E-state index >= 15 is 0 Å². The molecule has 0 spiro atoms. The summed E-state index contributed by atoms with van der Waals surface area (Å²) in [5, 5.41) is 0. The third-order valence-electron chi connectivity index (χ3n) is 3.86. The number of hydrogen-bond acceptors (Lipinski definition) is 2. The van der Waals surface area contributed by atoms with Crippen LogP contribution in [0.2, 0.25) is 0 Å². The van der Waals surface area contributed by atoms with E-state index in [0.29, 0.717) is 5.41 Å². The van der Waals surface area contributed by atoms with Crippen LogP contribution in [0.1, 0.15) is 46.0 Å². The Morgan fingerprint density at radius 3 is 2.21 bits per heavy atom. The van der Waals surface area contributed by atoms with Gasteiger partial charge in [-0.05, 0) is 37.1 Å². The van der Waals surface area contributed by atoms with Crippen molar-refractivity contribution in [1.29, 1.82) is 0 Å². The van der Waals surface area contributed by atoms with E-state index in [0.717, 1.165) is 25.7 Å². The number of ether oxygens (including phenoxy) is 1. The van der Waals surface area contributed by atoms with E-state index < -0.39 is 0 Å². The molecule has 0 atom stereocenters. The first kappa shape index (κ1) is 12.0. The Labute approximate surface area is 88.2 Å². The summed E-state index contributed by atoms with van der Waals surface area (Å²) in [7, 11) is 0. The molecule has 2 N–H and O–H groups in total. The normalized spacial score (nSPS) is 21.4. The van der Waals surface area contributed by atoms with Crippen molar-refractivity contribution in [3.63, 3.8) is 0 Å². The van der Waals surface area contributed by atoms with Gasteiger partial charge in [0.25, 0.3) is 0 Å². The van der Waals surface area contributed by atoms with Gasteiger partial charge in [0.05, 0.1) is 0 Å². The summed E-state index contributed by atoms with van der Waals surface area (Å²) >= 11 is 0. The lowest BCUT2D eigenvalue weighted by atomic mass is 9.72. The van der Waals surface area contributed by atoms with Crippen molar-refractivity contribution in [3.05, 3.63) is 0 Å². The first-order valence-electron chi connectivity index (χ1n) is 6.04. The molecule has 0 bridgehead atoms.